The summed E-state index contributed by atoms with van der Waals surface area (Å²) in [6, 6.07) is 0. The van der Waals surface area contributed by atoms with Crippen LogP contribution in [0.15, 0.2) is 0 Å². The second-order valence-corrected chi connectivity index (χ2v) is 6.53. The van der Waals surface area contributed by atoms with Gasteiger partial charge in [-0.2, -0.15) is 0 Å². The van der Waals surface area contributed by atoms with Crippen LogP contribution in [0.5, 0.6) is 0 Å². The predicted molar refractivity (Wildman–Crippen MR) is 69.0 cm³/mol. The van der Waals surface area contributed by atoms with E-state index in [1.165, 1.54) is 0 Å². The first kappa shape index (κ1) is 15.3. The van der Waals surface area contributed by atoms with E-state index in [0.29, 0.717) is 12.8 Å². The van der Waals surface area contributed by atoms with Crippen LogP contribution in [0.25, 0.3) is 0 Å². The van der Waals surface area contributed by atoms with Gasteiger partial charge in [-0.05, 0) is 25.2 Å². The molecule has 1 saturated heterocycles. The monoisotopic (exact) mass is 286 g/mol. The van der Waals surface area contributed by atoms with Gasteiger partial charge in [-0.25, -0.2) is 0 Å². The van der Waals surface area contributed by atoms with Crippen LogP contribution in [0.2, 0.25) is 0 Å². The van der Waals surface area contributed by atoms with Crippen LogP contribution in [0.3, 0.4) is 0 Å². The molecule has 1 aliphatic heterocycles. The fourth-order valence-corrected chi connectivity index (χ4v) is 3.16. The average Bonchev–Trinajstić information content (AvgIpc) is 2.83. The highest BCUT2D eigenvalue weighted by Crippen LogP contribution is 2.56. The number of carboxylic acids is 1. The van der Waals surface area contributed by atoms with E-state index >= 15 is 0 Å². The lowest BCUT2D eigenvalue weighted by atomic mass is 9.66. The maximum absolute atomic E-state index is 12.3. The predicted octanol–water partition coefficient (Wildman–Crippen LogP) is 0.816. The van der Waals surface area contributed by atoms with E-state index < -0.39 is 40.9 Å². The van der Waals surface area contributed by atoms with Gasteiger partial charge < -0.3 is 19.7 Å². The van der Waals surface area contributed by atoms with Crippen LogP contribution in [0, 0.1) is 16.7 Å². The van der Waals surface area contributed by atoms with Crippen LogP contribution >= 0.6 is 0 Å². The van der Waals surface area contributed by atoms with E-state index in [1.54, 1.807) is 20.8 Å². The first-order chi connectivity index (χ1) is 9.20. The summed E-state index contributed by atoms with van der Waals surface area (Å²) in [6.07, 6.45) is -0.513. The Morgan fingerprint density at radius 3 is 2.35 bits per heavy atom. The molecule has 0 bridgehead atoms. The molecule has 2 fully saturated rings. The number of hydrogen-bond donors (Lipinski definition) is 2. The average molecular weight is 286 g/mol. The number of aliphatic hydroxyl groups is 1. The van der Waals surface area contributed by atoms with Gasteiger partial charge in [-0.15, -0.1) is 0 Å². The quantitative estimate of drug-likeness (QED) is 0.746. The van der Waals surface area contributed by atoms with E-state index in [2.05, 4.69) is 0 Å². The summed E-state index contributed by atoms with van der Waals surface area (Å²) in [7, 11) is 0. The number of carbonyl (C=O) groups excluding carboxylic acids is 1. The van der Waals surface area contributed by atoms with Gasteiger partial charge in [-0.3, -0.25) is 9.59 Å². The van der Waals surface area contributed by atoms with Crippen molar-refractivity contribution in [1.82, 2.24) is 0 Å². The molecule has 2 N–H and O–H groups in total. The molecule has 2 aliphatic rings. The summed E-state index contributed by atoms with van der Waals surface area (Å²) in [5.41, 5.74) is -1.64. The van der Waals surface area contributed by atoms with Gasteiger partial charge in [0.1, 0.15) is 6.10 Å². The third-order valence-corrected chi connectivity index (χ3v) is 5.25. The molecule has 6 heteroatoms. The molecule has 0 amide bonds. The van der Waals surface area contributed by atoms with Crippen molar-refractivity contribution in [3.63, 3.8) is 0 Å². The molecule has 0 aromatic carbocycles. The molecular formula is C14H22O6. The Kier molecular flexibility index (Phi) is 3.81. The molecule has 6 nitrogen and oxygen atoms in total. The molecule has 1 saturated carbocycles. The Bertz CT molecular complexity index is 418. The van der Waals surface area contributed by atoms with Gasteiger partial charge in [0.2, 0.25) is 0 Å². The lowest BCUT2D eigenvalue weighted by molar-refractivity contribution is -0.166. The molecule has 20 heavy (non-hydrogen) atoms. The van der Waals surface area contributed by atoms with Crippen molar-refractivity contribution in [3.8, 4) is 0 Å². The second-order valence-electron chi connectivity index (χ2n) is 6.53. The van der Waals surface area contributed by atoms with Crippen molar-refractivity contribution in [2.24, 2.45) is 16.7 Å². The molecule has 0 radical (unpaired) electrons. The van der Waals surface area contributed by atoms with Crippen LogP contribution in [-0.4, -0.2) is 47.6 Å². The summed E-state index contributed by atoms with van der Waals surface area (Å²) in [5.74, 6) is -1.80. The van der Waals surface area contributed by atoms with Crippen LogP contribution in [0.1, 0.15) is 33.6 Å². The highest BCUT2D eigenvalue weighted by Gasteiger charge is 2.59. The summed E-state index contributed by atoms with van der Waals surface area (Å²) in [5, 5.41) is 19.0. The molecule has 2 rings (SSSR count). The Balaban J connectivity index is 2.10. The zero-order chi connectivity index (χ0) is 15.1. The molecule has 0 aromatic rings. The lowest BCUT2D eigenvalue weighted by Gasteiger charge is -2.37. The van der Waals surface area contributed by atoms with E-state index in [4.69, 9.17) is 9.47 Å². The number of aliphatic carboxylic acids is 1. The van der Waals surface area contributed by atoms with Crippen LogP contribution < -0.4 is 0 Å². The number of ether oxygens (including phenoxy) is 2. The van der Waals surface area contributed by atoms with Crippen molar-refractivity contribution in [2.75, 3.05) is 13.2 Å². The fourth-order valence-electron chi connectivity index (χ4n) is 3.16. The molecule has 1 heterocycles. The SMILES string of the molecule is CC1(C)[C@@H](C(=O)O[C@H]2COC[C@H]2O)CC[C@@]1(C)C(=O)O. The normalized spacial score (nSPS) is 39.7. The van der Waals surface area contributed by atoms with Crippen LogP contribution in [-0.2, 0) is 19.1 Å². The first-order valence-electron chi connectivity index (χ1n) is 6.90. The largest absolute Gasteiger partial charge is 0.481 e. The van der Waals surface area contributed by atoms with Gasteiger partial charge in [0.15, 0.2) is 6.10 Å². The molecule has 114 valence electrons. The Hall–Kier alpha value is -1.14. The number of aliphatic hydroxyl groups excluding tert-OH is 1. The van der Waals surface area contributed by atoms with Crippen molar-refractivity contribution in [1.29, 1.82) is 0 Å². The second kappa shape index (κ2) is 5.00. The summed E-state index contributed by atoms with van der Waals surface area (Å²) < 4.78 is 10.4. The maximum Gasteiger partial charge on any atom is 0.309 e. The summed E-state index contributed by atoms with van der Waals surface area (Å²) in [6.45, 7) is 5.62. The standard InChI is InChI=1S/C14H22O6/c1-13(2)8(4-5-14(13,3)12(17)18)11(16)20-10-7-19-6-9(10)15/h8-10,15H,4-7H2,1-3H3,(H,17,18)/t8-,9-,10+,14+/m1/s1. The molecular weight excluding hydrogens is 264 g/mol. The fraction of sp³-hybridized carbons (Fsp3) is 0.857. The Labute approximate surface area is 118 Å². The van der Waals surface area contributed by atoms with Crippen molar-refractivity contribution in [2.45, 2.75) is 45.8 Å². The Morgan fingerprint density at radius 2 is 1.90 bits per heavy atom. The van der Waals surface area contributed by atoms with Crippen molar-refractivity contribution >= 4 is 11.9 Å². The van der Waals surface area contributed by atoms with Crippen LogP contribution in [0.4, 0.5) is 0 Å². The number of carboxylic acid groups (broad SMARTS) is 1. The van der Waals surface area contributed by atoms with E-state index in [0.717, 1.165) is 0 Å². The minimum atomic E-state index is -0.943. The van der Waals surface area contributed by atoms with Crippen molar-refractivity contribution < 1.29 is 29.3 Å². The smallest absolute Gasteiger partial charge is 0.309 e. The number of hydrogen-bond acceptors (Lipinski definition) is 5. The number of esters is 1. The number of rotatable bonds is 3. The van der Waals surface area contributed by atoms with Gasteiger partial charge in [0.05, 0.1) is 24.5 Å². The third kappa shape index (κ3) is 2.20. The van der Waals surface area contributed by atoms with Crippen molar-refractivity contribution in [3.05, 3.63) is 0 Å². The molecule has 0 spiro atoms. The zero-order valence-corrected chi connectivity index (χ0v) is 12.1. The topological polar surface area (TPSA) is 93.1 Å². The summed E-state index contributed by atoms with van der Waals surface area (Å²) in [4.78, 5) is 23.8. The lowest BCUT2D eigenvalue weighted by Crippen LogP contribution is -2.44. The van der Waals surface area contributed by atoms with E-state index in [1.807, 2.05) is 0 Å². The minimum absolute atomic E-state index is 0.166. The molecule has 0 aromatic heterocycles. The van der Waals surface area contributed by atoms with Gasteiger partial charge in [-0.1, -0.05) is 13.8 Å². The van der Waals surface area contributed by atoms with Gasteiger partial charge in [0, 0.05) is 0 Å². The molecule has 0 unspecified atom stereocenters. The maximum atomic E-state index is 12.3. The highest BCUT2D eigenvalue weighted by atomic mass is 16.6. The van der Waals surface area contributed by atoms with Gasteiger partial charge >= 0.3 is 11.9 Å². The Morgan fingerprint density at radius 1 is 1.25 bits per heavy atom. The van der Waals surface area contributed by atoms with E-state index in [9.17, 15) is 19.8 Å². The highest BCUT2D eigenvalue weighted by molar-refractivity contribution is 5.81. The van der Waals surface area contributed by atoms with Gasteiger partial charge in [0.25, 0.3) is 0 Å². The zero-order valence-electron chi connectivity index (χ0n) is 12.1. The number of carbonyl (C=O) groups is 2. The molecule has 4 atom stereocenters. The molecule has 1 aliphatic carbocycles. The third-order valence-electron chi connectivity index (χ3n) is 5.25. The summed E-state index contributed by atoms with van der Waals surface area (Å²) >= 11 is 0. The first-order valence-corrected chi connectivity index (χ1v) is 6.90. The van der Waals surface area contributed by atoms with E-state index in [-0.39, 0.29) is 13.2 Å². The minimum Gasteiger partial charge on any atom is -0.481 e.